The van der Waals surface area contributed by atoms with E-state index in [1.54, 1.807) is 0 Å². The molecule has 0 radical (unpaired) electrons. The van der Waals surface area contributed by atoms with Gasteiger partial charge in [0, 0.05) is 5.56 Å². The van der Waals surface area contributed by atoms with Gasteiger partial charge in [0.25, 0.3) is 0 Å². The third-order valence-electron chi connectivity index (χ3n) is 3.39. The molecule has 1 aromatic rings. The number of benzene rings is 1. The van der Waals surface area contributed by atoms with Crippen LogP contribution in [-0.2, 0) is 0 Å². The summed E-state index contributed by atoms with van der Waals surface area (Å²) in [5.74, 6) is 0.637. The van der Waals surface area contributed by atoms with Gasteiger partial charge in [0.15, 0.2) is 0 Å². The summed E-state index contributed by atoms with van der Waals surface area (Å²) in [6.07, 6.45) is 6.37. The number of halogens is 1. The van der Waals surface area contributed by atoms with Gasteiger partial charge in [-0.3, -0.25) is 0 Å². The summed E-state index contributed by atoms with van der Waals surface area (Å²) in [5, 5.41) is 9.37. The number of phenols is 1. The molecule has 0 aromatic heterocycles. The zero-order valence-electron chi connectivity index (χ0n) is 9.54. The van der Waals surface area contributed by atoms with Crippen LogP contribution >= 0.6 is 0 Å². The largest absolute Gasteiger partial charge is 0.508 e. The minimum absolute atomic E-state index is 0.134. The van der Waals surface area contributed by atoms with Gasteiger partial charge in [-0.05, 0) is 49.0 Å². The molecule has 1 aliphatic rings. The predicted octanol–water partition coefficient (Wildman–Crippen LogP) is 4.12. The Bertz CT molecular complexity index is 409. The lowest BCUT2D eigenvalue weighted by Crippen LogP contribution is -2.04. The third-order valence-corrected chi connectivity index (χ3v) is 3.39. The molecule has 16 heavy (non-hydrogen) atoms. The van der Waals surface area contributed by atoms with Gasteiger partial charge in [-0.25, -0.2) is 4.39 Å². The molecule has 1 N–H and O–H groups in total. The van der Waals surface area contributed by atoms with Crippen molar-refractivity contribution in [2.45, 2.75) is 32.6 Å². The maximum absolute atomic E-state index is 13.6. The molecule has 1 aromatic carbocycles. The molecule has 86 valence electrons. The van der Waals surface area contributed by atoms with Crippen molar-refractivity contribution in [3.05, 3.63) is 35.7 Å². The van der Waals surface area contributed by atoms with Crippen LogP contribution in [0.2, 0.25) is 0 Å². The van der Waals surface area contributed by atoms with Crippen LogP contribution in [0.25, 0.3) is 5.57 Å². The number of aromatic hydroxyl groups is 1. The average Bonchev–Trinajstić information content (AvgIpc) is 2.32. The fourth-order valence-electron chi connectivity index (χ4n) is 2.26. The second-order valence-corrected chi connectivity index (χ2v) is 4.44. The van der Waals surface area contributed by atoms with Crippen molar-refractivity contribution < 1.29 is 9.50 Å². The lowest BCUT2D eigenvalue weighted by molar-refractivity contribution is 0.466. The first-order valence-corrected chi connectivity index (χ1v) is 5.88. The average molecular weight is 220 g/mol. The Morgan fingerprint density at radius 3 is 2.88 bits per heavy atom. The smallest absolute Gasteiger partial charge is 0.130 e. The Morgan fingerprint density at radius 1 is 1.44 bits per heavy atom. The van der Waals surface area contributed by atoms with E-state index in [0.717, 1.165) is 30.8 Å². The molecule has 1 unspecified atom stereocenters. The first-order valence-electron chi connectivity index (χ1n) is 5.88. The molecule has 2 rings (SSSR count). The SMILES string of the molecule is CCC1CC=C(c2cc(O)ccc2F)CC1. The van der Waals surface area contributed by atoms with E-state index in [4.69, 9.17) is 0 Å². The number of hydrogen-bond acceptors (Lipinski definition) is 1. The summed E-state index contributed by atoms with van der Waals surface area (Å²) in [6.45, 7) is 2.19. The molecule has 0 spiro atoms. The normalized spacial score (nSPS) is 20.6. The van der Waals surface area contributed by atoms with Crippen molar-refractivity contribution in [2.24, 2.45) is 5.92 Å². The van der Waals surface area contributed by atoms with Crippen molar-refractivity contribution in [2.75, 3.05) is 0 Å². The van der Waals surface area contributed by atoms with Gasteiger partial charge in [0.05, 0.1) is 0 Å². The Kier molecular flexibility index (Phi) is 3.28. The first-order chi connectivity index (χ1) is 7.70. The summed E-state index contributed by atoms with van der Waals surface area (Å²) in [6, 6.07) is 4.24. The number of phenolic OH excluding ortho intramolecular Hbond substituents is 1. The number of rotatable bonds is 2. The van der Waals surface area contributed by atoms with Gasteiger partial charge in [0.2, 0.25) is 0 Å². The maximum Gasteiger partial charge on any atom is 0.130 e. The third kappa shape index (κ3) is 2.26. The minimum Gasteiger partial charge on any atom is -0.508 e. The molecule has 1 atom stereocenters. The van der Waals surface area contributed by atoms with Gasteiger partial charge < -0.3 is 5.11 Å². The molecule has 1 aliphatic carbocycles. The lowest BCUT2D eigenvalue weighted by Gasteiger charge is -2.21. The first kappa shape index (κ1) is 11.2. The lowest BCUT2D eigenvalue weighted by atomic mass is 9.85. The van der Waals surface area contributed by atoms with Crippen LogP contribution in [-0.4, -0.2) is 5.11 Å². The molecule has 0 fully saturated rings. The van der Waals surface area contributed by atoms with Crippen molar-refractivity contribution in [3.63, 3.8) is 0 Å². The molecule has 0 bridgehead atoms. The van der Waals surface area contributed by atoms with Crippen LogP contribution in [0.4, 0.5) is 4.39 Å². The molecule has 0 saturated heterocycles. The van der Waals surface area contributed by atoms with Crippen molar-refractivity contribution in [1.82, 2.24) is 0 Å². The van der Waals surface area contributed by atoms with Crippen LogP contribution in [0.5, 0.6) is 5.75 Å². The van der Waals surface area contributed by atoms with E-state index in [1.165, 1.54) is 24.6 Å². The highest BCUT2D eigenvalue weighted by molar-refractivity contribution is 5.67. The zero-order chi connectivity index (χ0) is 11.5. The van der Waals surface area contributed by atoms with Gasteiger partial charge in [0.1, 0.15) is 11.6 Å². The molecule has 0 heterocycles. The molecular weight excluding hydrogens is 203 g/mol. The number of hydrogen-bond donors (Lipinski definition) is 1. The zero-order valence-corrected chi connectivity index (χ0v) is 9.54. The fourth-order valence-corrected chi connectivity index (χ4v) is 2.26. The minimum atomic E-state index is -0.237. The van der Waals surface area contributed by atoms with E-state index >= 15 is 0 Å². The maximum atomic E-state index is 13.6. The van der Waals surface area contributed by atoms with Crippen LogP contribution in [0.3, 0.4) is 0 Å². The second-order valence-electron chi connectivity index (χ2n) is 4.44. The summed E-state index contributed by atoms with van der Waals surface area (Å²) < 4.78 is 13.6. The topological polar surface area (TPSA) is 20.2 Å². The predicted molar refractivity (Wildman–Crippen MR) is 63.7 cm³/mol. The van der Waals surface area contributed by atoms with E-state index in [0.29, 0.717) is 5.56 Å². The molecular formula is C14H17FO. The van der Waals surface area contributed by atoms with Gasteiger partial charge >= 0.3 is 0 Å². The van der Waals surface area contributed by atoms with Crippen molar-refractivity contribution >= 4 is 5.57 Å². The summed E-state index contributed by atoms with van der Waals surface area (Å²) in [5.41, 5.74) is 1.60. The van der Waals surface area contributed by atoms with E-state index in [-0.39, 0.29) is 11.6 Å². The van der Waals surface area contributed by atoms with E-state index < -0.39 is 0 Å². The Morgan fingerprint density at radius 2 is 2.25 bits per heavy atom. The van der Waals surface area contributed by atoms with E-state index in [2.05, 4.69) is 13.0 Å². The molecule has 1 nitrogen and oxygen atoms in total. The Hall–Kier alpha value is -1.31. The quantitative estimate of drug-likeness (QED) is 0.794. The summed E-state index contributed by atoms with van der Waals surface area (Å²) in [4.78, 5) is 0. The van der Waals surface area contributed by atoms with Crippen LogP contribution in [0, 0.1) is 11.7 Å². The molecule has 0 amide bonds. The highest BCUT2D eigenvalue weighted by Gasteiger charge is 2.16. The standard InChI is InChI=1S/C14H17FO/c1-2-10-3-5-11(6-4-10)13-9-12(16)7-8-14(13)15/h5,7-10,16H,2-4,6H2,1H3. The van der Waals surface area contributed by atoms with Crippen molar-refractivity contribution in [1.29, 1.82) is 0 Å². The summed E-state index contributed by atoms with van der Waals surface area (Å²) >= 11 is 0. The Balaban J connectivity index is 2.25. The molecule has 2 heteroatoms. The van der Waals surface area contributed by atoms with Crippen molar-refractivity contribution in [3.8, 4) is 5.75 Å². The number of allylic oxidation sites excluding steroid dienone is 2. The Labute approximate surface area is 95.6 Å². The van der Waals surface area contributed by atoms with Gasteiger partial charge in [-0.15, -0.1) is 0 Å². The van der Waals surface area contributed by atoms with Gasteiger partial charge in [-0.2, -0.15) is 0 Å². The molecule has 0 saturated carbocycles. The fraction of sp³-hybridized carbons (Fsp3) is 0.429. The summed E-state index contributed by atoms with van der Waals surface area (Å²) in [7, 11) is 0. The van der Waals surface area contributed by atoms with E-state index in [9.17, 15) is 9.50 Å². The molecule has 0 aliphatic heterocycles. The highest BCUT2D eigenvalue weighted by atomic mass is 19.1. The highest BCUT2D eigenvalue weighted by Crippen LogP contribution is 2.33. The van der Waals surface area contributed by atoms with Crippen LogP contribution < -0.4 is 0 Å². The van der Waals surface area contributed by atoms with E-state index in [1.807, 2.05) is 0 Å². The van der Waals surface area contributed by atoms with Crippen LogP contribution in [0.1, 0.15) is 38.2 Å². The van der Waals surface area contributed by atoms with Gasteiger partial charge in [-0.1, -0.05) is 19.4 Å². The monoisotopic (exact) mass is 220 g/mol. The van der Waals surface area contributed by atoms with Crippen LogP contribution in [0.15, 0.2) is 24.3 Å². The second kappa shape index (κ2) is 4.69.